The van der Waals surface area contributed by atoms with Crippen LogP contribution in [-0.2, 0) is 4.74 Å². The van der Waals surface area contributed by atoms with Gasteiger partial charge >= 0.3 is 5.97 Å². The summed E-state index contributed by atoms with van der Waals surface area (Å²) in [5.41, 5.74) is 2.86. The van der Waals surface area contributed by atoms with Gasteiger partial charge in [0.05, 0.1) is 23.5 Å². The van der Waals surface area contributed by atoms with Gasteiger partial charge in [-0.3, -0.25) is 0 Å². The van der Waals surface area contributed by atoms with Gasteiger partial charge in [-0.05, 0) is 36.6 Å². The normalized spacial score (nSPS) is 11.0. The van der Waals surface area contributed by atoms with Gasteiger partial charge in [0.2, 0.25) is 0 Å². The van der Waals surface area contributed by atoms with Crippen LogP contribution >= 0.6 is 27.5 Å². The van der Waals surface area contributed by atoms with Crippen LogP contribution in [0.15, 0.2) is 22.7 Å². The molecule has 0 aliphatic carbocycles. The maximum atomic E-state index is 11.8. The summed E-state index contributed by atoms with van der Waals surface area (Å²) in [4.78, 5) is 11.8. The average molecular weight is 372 g/mol. The molecule has 6 heteroatoms. The van der Waals surface area contributed by atoms with Crippen molar-refractivity contribution >= 4 is 33.5 Å². The molecule has 4 nitrogen and oxygen atoms in total. The van der Waals surface area contributed by atoms with Gasteiger partial charge in [-0.25, -0.2) is 9.48 Å². The Hall–Kier alpha value is -1.33. The molecule has 0 bridgehead atoms. The van der Waals surface area contributed by atoms with Crippen LogP contribution in [0.2, 0.25) is 5.02 Å². The molecular formula is C15H16BrClN2O2. The molecule has 0 N–H and O–H groups in total. The van der Waals surface area contributed by atoms with E-state index < -0.39 is 5.97 Å². The zero-order chi connectivity index (χ0) is 15.7. The van der Waals surface area contributed by atoms with Crippen molar-refractivity contribution in [2.75, 3.05) is 7.11 Å². The number of esters is 1. The monoisotopic (exact) mass is 370 g/mol. The Bertz CT molecular complexity index is 695. The number of rotatable bonds is 3. The Labute approximate surface area is 137 Å². The molecule has 0 fully saturated rings. The second-order valence-electron chi connectivity index (χ2n) is 5.04. The van der Waals surface area contributed by atoms with E-state index in [4.69, 9.17) is 16.3 Å². The molecular weight excluding hydrogens is 356 g/mol. The minimum atomic E-state index is -0.532. The first-order chi connectivity index (χ1) is 9.86. The van der Waals surface area contributed by atoms with Crippen LogP contribution < -0.4 is 0 Å². The molecule has 1 aromatic carbocycles. The topological polar surface area (TPSA) is 44.1 Å². The molecule has 0 radical (unpaired) electrons. The van der Waals surface area contributed by atoms with Gasteiger partial charge in [0.1, 0.15) is 0 Å². The zero-order valence-corrected chi connectivity index (χ0v) is 14.6. The maximum Gasteiger partial charge on any atom is 0.360 e. The van der Waals surface area contributed by atoms with Gasteiger partial charge in [-0.15, -0.1) is 0 Å². The quantitative estimate of drug-likeness (QED) is 0.746. The van der Waals surface area contributed by atoms with E-state index in [-0.39, 0.29) is 11.6 Å². The van der Waals surface area contributed by atoms with Crippen LogP contribution in [0.1, 0.15) is 41.5 Å². The van der Waals surface area contributed by atoms with Crippen molar-refractivity contribution in [1.82, 2.24) is 9.78 Å². The third kappa shape index (κ3) is 2.99. The van der Waals surface area contributed by atoms with E-state index in [0.29, 0.717) is 5.02 Å². The smallest absolute Gasteiger partial charge is 0.360 e. The molecule has 0 amide bonds. The number of aromatic nitrogens is 2. The summed E-state index contributed by atoms with van der Waals surface area (Å²) in [5, 5.41) is 4.70. The Morgan fingerprint density at radius 2 is 2.10 bits per heavy atom. The highest BCUT2D eigenvalue weighted by Gasteiger charge is 2.25. The van der Waals surface area contributed by atoms with Gasteiger partial charge in [-0.2, -0.15) is 5.10 Å². The lowest BCUT2D eigenvalue weighted by molar-refractivity contribution is 0.0593. The lowest BCUT2D eigenvalue weighted by atomic mass is 10.1. The number of carbonyl (C=O) groups is 1. The molecule has 0 aliphatic rings. The molecule has 0 atom stereocenters. The Morgan fingerprint density at radius 3 is 2.62 bits per heavy atom. The summed E-state index contributed by atoms with van der Waals surface area (Å²) < 4.78 is 7.45. The van der Waals surface area contributed by atoms with Gasteiger partial charge in [0, 0.05) is 4.47 Å². The van der Waals surface area contributed by atoms with E-state index >= 15 is 0 Å². The molecule has 21 heavy (non-hydrogen) atoms. The highest BCUT2D eigenvalue weighted by molar-refractivity contribution is 9.10. The minimum Gasteiger partial charge on any atom is -0.464 e. The zero-order valence-electron chi connectivity index (χ0n) is 12.3. The number of aryl methyl sites for hydroxylation is 1. The fourth-order valence-corrected chi connectivity index (χ4v) is 3.07. The van der Waals surface area contributed by atoms with Crippen LogP contribution in [0.3, 0.4) is 0 Å². The third-order valence-corrected chi connectivity index (χ3v) is 4.04. The fourth-order valence-electron chi connectivity index (χ4n) is 2.18. The van der Waals surface area contributed by atoms with E-state index in [2.05, 4.69) is 21.0 Å². The molecule has 0 aliphatic heterocycles. The van der Waals surface area contributed by atoms with Crippen molar-refractivity contribution < 1.29 is 9.53 Å². The van der Waals surface area contributed by atoms with Crippen LogP contribution in [0.5, 0.6) is 0 Å². The van der Waals surface area contributed by atoms with Gasteiger partial charge in [0.25, 0.3) is 0 Å². The molecule has 1 aromatic heterocycles. The van der Waals surface area contributed by atoms with Gasteiger partial charge in [-0.1, -0.05) is 41.4 Å². The molecule has 112 valence electrons. The summed E-state index contributed by atoms with van der Waals surface area (Å²) in [5.74, 6) is -0.415. The fraction of sp³-hybridized carbons (Fsp3) is 0.333. The SMILES string of the molecule is COC(=O)c1nn(-c2ccc(Br)cc2C)c(C(C)C)c1Cl. The van der Waals surface area contributed by atoms with Crippen molar-refractivity contribution in [2.24, 2.45) is 0 Å². The molecule has 0 saturated carbocycles. The molecule has 0 unspecified atom stereocenters. The van der Waals surface area contributed by atoms with Crippen molar-refractivity contribution in [3.05, 3.63) is 44.6 Å². The van der Waals surface area contributed by atoms with Crippen LogP contribution in [0.25, 0.3) is 5.69 Å². The first-order valence-corrected chi connectivity index (χ1v) is 7.67. The largest absolute Gasteiger partial charge is 0.464 e. The summed E-state index contributed by atoms with van der Waals surface area (Å²) in [7, 11) is 1.32. The van der Waals surface area contributed by atoms with Crippen molar-refractivity contribution in [3.63, 3.8) is 0 Å². The van der Waals surface area contributed by atoms with Crippen LogP contribution in [0.4, 0.5) is 0 Å². The highest BCUT2D eigenvalue weighted by Crippen LogP contribution is 2.31. The van der Waals surface area contributed by atoms with Crippen molar-refractivity contribution in [2.45, 2.75) is 26.7 Å². The Balaban J connectivity index is 2.70. The first kappa shape index (κ1) is 16.0. The second kappa shape index (κ2) is 6.20. The highest BCUT2D eigenvalue weighted by atomic mass is 79.9. The van der Waals surface area contributed by atoms with E-state index in [9.17, 15) is 4.79 Å². The van der Waals surface area contributed by atoms with E-state index in [1.165, 1.54) is 7.11 Å². The predicted octanol–water partition coefficient (Wildman–Crippen LogP) is 4.51. The third-order valence-electron chi connectivity index (χ3n) is 3.17. The van der Waals surface area contributed by atoms with Crippen molar-refractivity contribution in [1.29, 1.82) is 0 Å². The average Bonchev–Trinajstić information content (AvgIpc) is 2.75. The maximum absolute atomic E-state index is 11.8. The van der Waals surface area contributed by atoms with Gasteiger partial charge in [0.15, 0.2) is 5.69 Å². The molecule has 1 heterocycles. The summed E-state index contributed by atoms with van der Waals surface area (Å²) in [6, 6.07) is 5.86. The number of ether oxygens (including phenoxy) is 1. The molecule has 0 spiro atoms. The first-order valence-electron chi connectivity index (χ1n) is 6.50. The number of methoxy groups -OCH3 is 1. The lowest BCUT2D eigenvalue weighted by Crippen LogP contribution is -2.07. The molecule has 2 aromatic rings. The minimum absolute atomic E-state index is 0.117. The summed E-state index contributed by atoms with van der Waals surface area (Å²) >= 11 is 9.78. The summed E-state index contributed by atoms with van der Waals surface area (Å²) in [6.07, 6.45) is 0. The van der Waals surface area contributed by atoms with Crippen LogP contribution in [-0.4, -0.2) is 22.9 Å². The van der Waals surface area contributed by atoms with E-state index in [0.717, 1.165) is 21.4 Å². The van der Waals surface area contributed by atoms with E-state index in [1.54, 1.807) is 4.68 Å². The van der Waals surface area contributed by atoms with E-state index in [1.807, 2.05) is 39.0 Å². The number of carbonyl (C=O) groups excluding carboxylic acids is 1. The van der Waals surface area contributed by atoms with Crippen molar-refractivity contribution in [3.8, 4) is 5.69 Å². The molecule has 0 saturated heterocycles. The lowest BCUT2D eigenvalue weighted by Gasteiger charge is -2.13. The summed E-state index contributed by atoms with van der Waals surface area (Å²) in [6.45, 7) is 6.00. The van der Waals surface area contributed by atoms with Crippen LogP contribution in [0, 0.1) is 6.92 Å². The van der Waals surface area contributed by atoms with Gasteiger partial charge < -0.3 is 4.74 Å². The Kier molecular flexibility index (Phi) is 4.74. The number of hydrogen-bond acceptors (Lipinski definition) is 3. The number of nitrogens with zero attached hydrogens (tertiary/aromatic N) is 2. The molecule has 2 rings (SSSR count). The second-order valence-corrected chi connectivity index (χ2v) is 6.33. The number of hydrogen-bond donors (Lipinski definition) is 0. The number of benzene rings is 1. The standard InChI is InChI=1S/C15H16BrClN2O2/c1-8(2)14-12(17)13(15(20)21-4)18-19(14)11-6-5-10(16)7-9(11)3/h5-8H,1-4H3. The predicted molar refractivity (Wildman–Crippen MR) is 86.4 cm³/mol. The number of halogens is 2. The Morgan fingerprint density at radius 1 is 1.43 bits per heavy atom.